The van der Waals surface area contributed by atoms with Gasteiger partial charge in [0, 0.05) is 4.47 Å². The van der Waals surface area contributed by atoms with Crippen LogP contribution in [0, 0.1) is 0 Å². The van der Waals surface area contributed by atoms with Gasteiger partial charge in [0.15, 0.2) is 12.3 Å². The number of alkyl carbamates (subject to hydrolysis) is 1. The first-order valence-corrected chi connectivity index (χ1v) is 11.1. The van der Waals surface area contributed by atoms with Crippen LogP contribution in [0.25, 0.3) is 0 Å². The first kappa shape index (κ1) is 24.6. The Kier molecular flexibility index (Phi) is 9.12. The van der Waals surface area contributed by atoms with Gasteiger partial charge >= 0.3 is 12.1 Å². The van der Waals surface area contributed by atoms with E-state index in [1.807, 2.05) is 31.2 Å². The standard InChI is InChI=1S/C22H32BrNO6/c1-6-27-20(25)18(24-21(26)30-22(3,4)5)19(15-10-8-11-16(23)13-15)29-17-12-7-9-14(2)28-17/h8,10-11,13-14,17-19H,6-7,9,12H2,1-5H3,(H,24,26)/t14-,17+,18+,19+/m0/s1. The van der Waals surface area contributed by atoms with E-state index in [1.54, 1.807) is 27.7 Å². The van der Waals surface area contributed by atoms with Crippen molar-refractivity contribution in [3.8, 4) is 0 Å². The summed E-state index contributed by atoms with van der Waals surface area (Å²) in [7, 11) is 0. The van der Waals surface area contributed by atoms with Gasteiger partial charge in [0.05, 0.1) is 12.7 Å². The van der Waals surface area contributed by atoms with Crippen LogP contribution >= 0.6 is 15.9 Å². The first-order valence-electron chi connectivity index (χ1n) is 10.3. The van der Waals surface area contributed by atoms with Gasteiger partial charge in [-0.15, -0.1) is 0 Å². The third kappa shape index (κ3) is 7.89. The molecule has 1 aromatic rings. The summed E-state index contributed by atoms with van der Waals surface area (Å²) < 4.78 is 23.6. The fourth-order valence-electron chi connectivity index (χ4n) is 3.19. The Morgan fingerprint density at radius 2 is 2.03 bits per heavy atom. The molecular formula is C22H32BrNO6. The number of halogens is 1. The SMILES string of the molecule is CCOC(=O)[C@H](NC(=O)OC(C)(C)C)[C@H](O[C@@H]1CCC[C@H](C)O1)c1cccc(Br)c1. The molecule has 8 heteroatoms. The fraction of sp³-hybridized carbons (Fsp3) is 0.636. The Bertz CT molecular complexity index is 720. The average molecular weight is 486 g/mol. The number of amides is 1. The second-order valence-electron chi connectivity index (χ2n) is 8.29. The van der Waals surface area contributed by atoms with Crippen LogP contribution < -0.4 is 5.32 Å². The number of rotatable bonds is 7. The van der Waals surface area contributed by atoms with Gasteiger partial charge in [0.1, 0.15) is 11.7 Å². The average Bonchev–Trinajstić information content (AvgIpc) is 2.63. The largest absolute Gasteiger partial charge is 0.464 e. The maximum Gasteiger partial charge on any atom is 0.408 e. The minimum atomic E-state index is -1.10. The van der Waals surface area contributed by atoms with Crippen LogP contribution in [0.5, 0.6) is 0 Å². The number of hydrogen-bond acceptors (Lipinski definition) is 6. The van der Waals surface area contributed by atoms with Crippen LogP contribution in [-0.4, -0.2) is 42.7 Å². The molecule has 2 rings (SSSR count). The van der Waals surface area contributed by atoms with Gasteiger partial charge in [-0.05, 0) is 71.6 Å². The van der Waals surface area contributed by atoms with Crippen LogP contribution in [0.1, 0.15) is 65.5 Å². The summed E-state index contributed by atoms with van der Waals surface area (Å²) in [5, 5.41) is 2.65. The van der Waals surface area contributed by atoms with Gasteiger partial charge in [0.2, 0.25) is 0 Å². The molecule has 0 unspecified atom stereocenters. The van der Waals surface area contributed by atoms with Crippen molar-refractivity contribution in [2.24, 2.45) is 0 Å². The predicted octanol–water partition coefficient (Wildman–Crippen LogP) is 4.88. The lowest BCUT2D eigenvalue weighted by atomic mass is 10.0. The van der Waals surface area contributed by atoms with E-state index < -0.39 is 36.1 Å². The van der Waals surface area contributed by atoms with E-state index in [9.17, 15) is 9.59 Å². The minimum Gasteiger partial charge on any atom is -0.464 e. The van der Waals surface area contributed by atoms with Crippen molar-refractivity contribution in [1.82, 2.24) is 5.32 Å². The molecule has 0 saturated carbocycles. The zero-order chi connectivity index (χ0) is 22.3. The summed E-state index contributed by atoms with van der Waals surface area (Å²) in [6.45, 7) is 9.14. The Morgan fingerprint density at radius 1 is 1.30 bits per heavy atom. The van der Waals surface area contributed by atoms with Crippen LogP contribution in [0.2, 0.25) is 0 Å². The van der Waals surface area contributed by atoms with Crippen molar-refractivity contribution in [3.05, 3.63) is 34.3 Å². The molecule has 1 aliphatic heterocycles. The lowest BCUT2D eigenvalue weighted by Crippen LogP contribution is -2.49. The van der Waals surface area contributed by atoms with Gasteiger partial charge in [-0.3, -0.25) is 0 Å². The molecule has 30 heavy (non-hydrogen) atoms. The maximum atomic E-state index is 12.8. The van der Waals surface area contributed by atoms with Crippen molar-refractivity contribution in [2.45, 2.75) is 84.0 Å². The van der Waals surface area contributed by atoms with E-state index >= 15 is 0 Å². The van der Waals surface area contributed by atoms with Gasteiger partial charge in [-0.1, -0.05) is 28.1 Å². The fourth-order valence-corrected chi connectivity index (χ4v) is 3.61. The second-order valence-corrected chi connectivity index (χ2v) is 9.21. The highest BCUT2D eigenvalue weighted by Crippen LogP contribution is 2.30. The summed E-state index contributed by atoms with van der Waals surface area (Å²) in [6.07, 6.45) is 0.657. The zero-order valence-corrected chi connectivity index (χ0v) is 19.9. The number of nitrogens with one attached hydrogen (secondary N) is 1. The van der Waals surface area contributed by atoms with E-state index in [-0.39, 0.29) is 12.7 Å². The van der Waals surface area contributed by atoms with E-state index in [4.69, 9.17) is 18.9 Å². The highest BCUT2D eigenvalue weighted by Gasteiger charge is 2.37. The summed E-state index contributed by atoms with van der Waals surface area (Å²) in [5.74, 6) is -0.600. The number of carbonyl (C=O) groups is 2. The van der Waals surface area contributed by atoms with Crippen LogP contribution in [0.3, 0.4) is 0 Å². The number of carbonyl (C=O) groups excluding carboxylic acids is 2. The first-order chi connectivity index (χ1) is 14.1. The molecule has 0 aromatic heterocycles. The van der Waals surface area contributed by atoms with Gasteiger partial charge in [-0.25, -0.2) is 9.59 Å². The van der Waals surface area contributed by atoms with Crippen LogP contribution in [-0.2, 0) is 23.7 Å². The Morgan fingerprint density at radius 3 is 2.63 bits per heavy atom. The summed E-state index contributed by atoms with van der Waals surface area (Å²) in [5.41, 5.74) is -0.00235. The molecule has 4 atom stereocenters. The molecule has 1 saturated heterocycles. The second kappa shape index (κ2) is 11.1. The molecular weight excluding hydrogens is 454 g/mol. The molecule has 0 spiro atoms. The van der Waals surface area contributed by atoms with Gasteiger partial charge in [0.25, 0.3) is 0 Å². The van der Waals surface area contributed by atoms with Crippen molar-refractivity contribution < 1.29 is 28.5 Å². The molecule has 0 radical (unpaired) electrons. The van der Waals surface area contributed by atoms with Crippen LogP contribution in [0.15, 0.2) is 28.7 Å². The quantitative estimate of drug-likeness (QED) is 0.554. The molecule has 7 nitrogen and oxygen atoms in total. The van der Waals surface area contributed by atoms with E-state index in [2.05, 4.69) is 21.2 Å². The Hall–Kier alpha value is -1.64. The Balaban J connectivity index is 2.34. The number of benzene rings is 1. The third-order valence-corrected chi connectivity index (χ3v) is 4.92. The van der Waals surface area contributed by atoms with Crippen molar-refractivity contribution in [2.75, 3.05) is 6.61 Å². The van der Waals surface area contributed by atoms with E-state index in [0.29, 0.717) is 12.0 Å². The molecule has 1 aliphatic rings. The monoisotopic (exact) mass is 485 g/mol. The van der Waals surface area contributed by atoms with Crippen molar-refractivity contribution in [1.29, 1.82) is 0 Å². The number of esters is 1. The van der Waals surface area contributed by atoms with Crippen molar-refractivity contribution in [3.63, 3.8) is 0 Å². The topological polar surface area (TPSA) is 83.1 Å². The highest BCUT2D eigenvalue weighted by atomic mass is 79.9. The predicted molar refractivity (Wildman–Crippen MR) is 116 cm³/mol. The van der Waals surface area contributed by atoms with Crippen molar-refractivity contribution >= 4 is 28.0 Å². The lowest BCUT2D eigenvalue weighted by molar-refractivity contribution is -0.219. The molecule has 1 fully saturated rings. The number of ether oxygens (including phenoxy) is 4. The third-order valence-electron chi connectivity index (χ3n) is 4.43. The summed E-state index contributed by atoms with van der Waals surface area (Å²) >= 11 is 3.46. The molecule has 1 aromatic carbocycles. The molecule has 1 N–H and O–H groups in total. The van der Waals surface area contributed by atoms with Gasteiger partial charge in [-0.2, -0.15) is 0 Å². The maximum absolute atomic E-state index is 12.8. The zero-order valence-electron chi connectivity index (χ0n) is 18.3. The molecule has 0 aliphatic carbocycles. The lowest BCUT2D eigenvalue weighted by Gasteiger charge is -2.34. The van der Waals surface area contributed by atoms with E-state index in [0.717, 1.165) is 17.3 Å². The smallest absolute Gasteiger partial charge is 0.408 e. The number of hydrogen-bond donors (Lipinski definition) is 1. The Labute approximate surface area is 186 Å². The summed E-state index contributed by atoms with van der Waals surface area (Å²) in [6, 6.07) is 6.30. The summed E-state index contributed by atoms with van der Waals surface area (Å²) in [4.78, 5) is 25.3. The minimum absolute atomic E-state index is 0.0618. The molecule has 1 amide bonds. The normalized spacial score (nSPS) is 21.4. The van der Waals surface area contributed by atoms with Crippen LogP contribution in [0.4, 0.5) is 4.79 Å². The molecule has 168 valence electrons. The molecule has 0 bridgehead atoms. The highest BCUT2D eigenvalue weighted by molar-refractivity contribution is 9.10. The van der Waals surface area contributed by atoms with Gasteiger partial charge < -0.3 is 24.3 Å². The van der Waals surface area contributed by atoms with E-state index in [1.165, 1.54) is 0 Å². The molecule has 1 heterocycles.